The van der Waals surface area contributed by atoms with Gasteiger partial charge in [0.1, 0.15) is 0 Å². The molecule has 7 rings (SSSR count). The molecular formula is C32H28. The molecule has 156 valence electrons. The highest BCUT2D eigenvalue weighted by molar-refractivity contribution is 5.79. The summed E-state index contributed by atoms with van der Waals surface area (Å²) in [6.07, 6.45) is 7.51. The van der Waals surface area contributed by atoms with Gasteiger partial charge in [-0.2, -0.15) is 0 Å². The van der Waals surface area contributed by atoms with Crippen molar-refractivity contribution in [1.82, 2.24) is 0 Å². The minimum Gasteiger partial charge on any atom is -0.0619 e. The zero-order valence-electron chi connectivity index (χ0n) is 18.5. The molecule has 0 radical (unpaired) electrons. The molecule has 0 nitrogen and oxygen atoms in total. The molecule has 0 amide bonds. The van der Waals surface area contributed by atoms with Gasteiger partial charge in [-0.3, -0.25) is 0 Å². The van der Waals surface area contributed by atoms with Crippen LogP contribution < -0.4 is 0 Å². The molecular weight excluding hydrogens is 384 g/mol. The summed E-state index contributed by atoms with van der Waals surface area (Å²) < 4.78 is 0. The lowest BCUT2D eigenvalue weighted by molar-refractivity contribution is 0.392. The second kappa shape index (κ2) is 7.20. The molecule has 0 saturated heterocycles. The van der Waals surface area contributed by atoms with Crippen LogP contribution in [0.25, 0.3) is 22.3 Å². The Kier molecular flexibility index (Phi) is 4.15. The SMILES string of the molecule is c1ccc2c(c1)Cc1c-2cccc1C1CCCC(c2cccc3c2Cc2ccccc2-3)C1. The van der Waals surface area contributed by atoms with Crippen LogP contribution in [0.4, 0.5) is 0 Å². The maximum Gasteiger partial charge on any atom is -0.00106 e. The van der Waals surface area contributed by atoms with Gasteiger partial charge in [0.2, 0.25) is 0 Å². The minimum atomic E-state index is 0.678. The van der Waals surface area contributed by atoms with E-state index >= 15 is 0 Å². The summed E-state index contributed by atoms with van der Waals surface area (Å²) in [4.78, 5) is 0. The normalized spacial score (nSPS) is 20.4. The van der Waals surface area contributed by atoms with Gasteiger partial charge in [-0.25, -0.2) is 0 Å². The molecule has 2 atom stereocenters. The molecule has 2 unspecified atom stereocenters. The van der Waals surface area contributed by atoms with Crippen LogP contribution in [0.15, 0.2) is 84.9 Å². The third-order valence-electron chi connectivity index (χ3n) is 8.33. The van der Waals surface area contributed by atoms with Crippen LogP contribution in [0.5, 0.6) is 0 Å². The summed E-state index contributed by atoms with van der Waals surface area (Å²) in [5.74, 6) is 1.36. The number of hydrogen-bond acceptors (Lipinski definition) is 0. The Labute approximate surface area is 191 Å². The van der Waals surface area contributed by atoms with Crippen molar-refractivity contribution < 1.29 is 0 Å². The van der Waals surface area contributed by atoms with E-state index in [1.165, 1.54) is 59.1 Å². The first kappa shape index (κ1) is 18.5. The Hall–Kier alpha value is -3.12. The van der Waals surface area contributed by atoms with E-state index in [2.05, 4.69) is 84.9 Å². The molecule has 4 aromatic rings. The standard InChI is InChI=1S/C32H28/c1-3-12-25-23(8-1)19-31-27(14-6-16-29(25)31)21-10-5-11-22(18-21)28-15-7-17-30-26-13-4-2-9-24(26)20-32(28)30/h1-4,6-9,12-17,21-22H,5,10-11,18-20H2. The molecule has 0 aromatic heterocycles. The predicted molar refractivity (Wildman–Crippen MR) is 133 cm³/mol. The van der Waals surface area contributed by atoms with Gasteiger partial charge < -0.3 is 0 Å². The molecule has 32 heavy (non-hydrogen) atoms. The summed E-state index contributed by atoms with van der Waals surface area (Å²) in [6, 6.07) is 32.1. The van der Waals surface area contributed by atoms with Crippen molar-refractivity contribution in [3.05, 3.63) is 118 Å². The van der Waals surface area contributed by atoms with E-state index in [9.17, 15) is 0 Å². The van der Waals surface area contributed by atoms with Crippen molar-refractivity contribution in [2.24, 2.45) is 0 Å². The minimum absolute atomic E-state index is 0.678. The molecule has 3 aliphatic carbocycles. The average molecular weight is 413 g/mol. The summed E-state index contributed by atoms with van der Waals surface area (Å²) in [7, 11) is 0. The predicted octanol–water partition coefficient (Wildman–Crippen LogP) is 8.27. The number of hydrogen-bond donors (Lipinski definition) is 0. The fraction of sp³-hybridized carbons (Fsp3) is 0.250. The quantitative estimate of drug-likeness (QED) is 0.268. The summed E-state index contributed by atoms with van der Waals surface area (Å²) in [5.41, 5.74) is 15.3. The van der Waals surface area contributed by atoms with E-state index in [1.807, 2.05) is 0 Å². The Morgan fingerprint density at radius 2 is 0.938 bits per heavy atom. The van der Waals surface area contributed by atoms with Gasteiger partial charge in [0.15, 0.2) is 0 Å². The third kappa shape index (κ3) is 2.75. The van der Waals surface area contributed by atoms with Crippen molar-refractivity contribution in [2.45, 2.75) is 50.4 Å². The van der Waals surface area contributed by atoms with Crippen LogP contribution in [0.2, 0.25) is 0 Å². The first-order valence-corrected chi connectivity index (χ1v) is 12.3. The molecule has 0 N–H and O–H groups in total. The summed E-state index contributed by atoms with van der Waals surface area (Å²) in [6.45, 7) is 0. The smallest absolute Gasteiger partial charge is 0.00106 e. The van der Waals surface area contributed by atoms with Gasteiger partial charge in [-0.15, -0.1) is 0 Å². The molecule has 0 aliphatic heterocycles. The van der Waals surface area contributed by atoms with Gasteiger partial charge in [0, 0.05) is 0 Å². The molecule has 1 saturated carbocycles. The van der Waals surface area contributed by atoms with E-state index in [4.69, 9.17) is 0 Å². The van der Waals surface area contributed by atoms with Crippen LogP contribution in [-0.4, -0.2) is 0 Å². The van der Waals surface area contributed by atoms with E-state index in [0.29, 0.717) is 11.8 Å². The molecule has 4 aromatic carbocycles. The van der Waals surface area contributed by atoms with E-state index in [0.717, 1.165) is 12.8 Å². The molecule has 0 spiro atoms. The Morgan fingerprint density at radius 3 is 1.47 bits per heavy atom. The van der Waals surface area contributed by atoms with Crippen LogP contribution in [0.3, 0.4) is 0 Å². The lowest BCUT2D eigenvalue weighted by Gasteiger charge is -2.32. The maximum absolute atomic E-state index is 2.43. The Bertz CT molecular complexity index is 1240. The lowest BCUT2D eigenvalue weighted by atomic mass is 9.73. The molecule has 0 heterocycles. The topological polar surface area (TPSA) is 0 Å². The van der Waals surface area contributed by atoms with Gasteiger partial charge in [-0.05, 0) is 99.6 Å². The highest BCUT2D eigenvalue weighted by atomic mass is 14.4. The van der Waals surface area contributed by atoms with Gasteiger partial charge in [0.05, 0.1) is 0 Å². The largest absolute Gasteiger partial charge is 0.0619 e. The van der Waals surface area contributed by atoms with Crippen molar-refractivity contribution in [1.29, 1.82) is 0 Å². The molecule has 0 bridgehead atoms. The van der Waals surface area contributed by atoms with Gasteiger partial charge in [-0.1, -0.05) is 91.3 Å². The van der Waals surface area contributed by atoms with Crippen LogP contribution in [0.1, 0.15) is 70.9 Å². The first-order valence-electron chi connectivity index (χ1n) is 12.3. The third-order valence-corrected chi connectivity index (χ3v) is 8.33. The van der Waals surface area contributed by atoms with Gasteiger partial charge >= 0.3 is 0 Å². The van der Waals surface area contributed by atoms with E-state index in [1.54, 1.807) is 22.3 Å². The second-order valence-electron chi connectivity index (χ2n) is 9.98. The zero-order chi connectivity index (χ0) is 21.1. The van der Waals surface area contributed by atoms with Gasteiger partial charge in [0.25, 0.3) is 0 Å². The first-order chi connectivity index (χ1) is 15.9. The van der Waals surface area contributed by atoms with Crippen molar-refractivity contribution in [3.8, 4) is 22.3 Å². The lowest BCUT2D eigenvalue weighted by Crippen LogP contribution is -2.15. The number of fused-ring (bicyclic) bond motifs is 6. The highest BCUT2D eigenvalue weighted by Crippen LogP contribution is 2.49. The van der Waals surface area contributed by atoms with Crippen molar-refractivity contribution >= 4 is 0 Å². The number of benzene rings is 4. The average Bonchev–Trinajstić information content (AvgIpc) is 3.42. The highest BCUT2D eigenvalue weighted by Gasteiger charge is 2.31. The fourth-order valence-corrected chi connectivity index (χ4v) is 6.88. The van der Waals surface area contributed by atoms with Crippen LogP contribution >= 0.6 is 0 Å². The van der Waals surface area contributed by atoms with Crippen molar-refractivity contribution in [3.63, 3.8) is 0 Å². The second-order valence-corrected chi connectivity index (χ2v) is 9.98. The fourth-order valence-electron chi connectivity index (χ4n) is 6.88. The monoisotopic (exact) mass is 412 g/mol. The maximum atomic E-state index is 2.43. The molecule has 1 fully saturated rings. The van der Waals surface area contributed by atoms with E-state index < -0.39 is 0 Å². The van der Waals surface area contributed by atoms with Crippen molar-refractivity contribution in [2.75, 3.05) is 0 Å². The van der Waals surface area contributed by atoms with E-state index in [-0.39, 0.29) is 0 Å². The van der Waals surface area contributed by atoms with Crippen LogP contribution in [-0.2, 0) is 12.8 Å². The molecule has 3 aliphatic rings. The molecule has 0 heteroatoms. The number of rotatable bonds is 2. The zero-order valence-corrected chi connectivity index (χ0v) is 18.5. The van der Waals surface area contributed by atoms with Crippen LogP contribution in [0, 0.1) is 0 Å². The Morgan fingerprint density at radius 1 is 0.469 bits per heavy atom. The summed E-state index contributed by atoms with van der Waals surface area (Å²) in [5, 5.41) is 0. The summed E-state index contributed by atoms with van der Waals surface area (Å²) >= 11 is 0. The Balaban J connectivity index is 1.23.